The van der Waals surface area contributed by atoms with Crippen molar-refractivity contribution in [2.24, 2.45) is 10.1 Å². The Morgan fingerprint density at radius 1 is 1.50 bits per heavy atom. The topological polar surface area (TPSA) is 195 Å². The van der Waals surface area contributed by atoms with Gasteiger partial charge < -0.3 is 20.8 Å². The van der Waals surface area contributed by atoms with Gasteiger partial charge in [-0.1, -0.05) is 16.9 Å². The molecule has 2 aromatic rings. The molecule has 0 aliphatic carbocycles. The zero-order chi connectivity index (χ0) is 23.7. The number of carboxylic acid groups (broad SMARTS) is 1. The number of β-lactam (4-membered cyclic amide) rings is 1. The van der Waals surface area contributed by atoms with Crippen molar-refractivity contribution in [2.75, 3.05) is 24.3 Å². The van der Waals surface area contributed by atoms with E-state index < -0.39 is 29.2 Å². The van der Waals surface area contributed by atoms with Gasteiger partial charge in [0.05, 0.1) is 0 Å². The van der Waals surface area contributed by atoms with E-state index in [9.17, 15) is 19.8 Å². The molecule has 0 radical (unpaired) electrons. The van der Waals surface area contributed by atoms with Gasteiger partial charge in [-0.2, -0.15) is 0 Å². The monoisotopic (exact) mass is 532 g/mol. The molecule has 0 saturated carbocycles. The molecular formula is C17H17N8NaO5S3. The van der Waals surface area contributed by atoms with E-state index in [0.29, 0.717) is 28.1 Å². The maximum atomic E-state index is 12.8. The summed E-state index contributed by atoms with van der Waals surface area (Å²) in [7, 11) is 1.26. The van der Waals surface area contributed by atoms with Gasteiger partial charge in [-0.25, -0.2) is 14.8 Å². The standard InChI is InChI=1S/C17H18N8O5S3.Na/c1-6-19-17(23-22-6)33-4-7-3-31-14-10(13(27)25(14)11(7)15(28)29)21-12(26)9(24-30-2)8-5-32-16(18)20-8;/h5,10,14H,3-4H2,1-2H3,(H2,18,20)(H,21,26)(H,28,29)(H,19,22,23);/q;+1/p-1/b24-9-;/t10-,14-;/m1./s1. The van der Waals surface area contributed by atoms with Gasteiger partial charge in [-0.05, 0) is 12.5 Å². The molecular weight excluding hydrogens is 515 g/mol. The van der Waals surface area contributed by atoms with E-state index in [1.807, 2.05) is 0 Å². The second-order valence-electron chi connectivity index (χ2n) is 6.73. The second-order valence-corrected chi connectivity index (χ2v) is 9.67. The van der Waals surface area contributed by atoms with Crippen molar-refractivity contribution in [2.45, 2.75) is 23.5 Å². The number of nitrogens with one attached hydrogen (secondary N) is 1. The van der Waals surface area contributed by atoms with Crippen LogP contribution in [0.3, 0.4) is 0 Å². The Kier molecular flexibility index (Phi) is 8.64. The first-order valence-corrected chi connectivity index (χ1v) is 12.2. The molecule has 1 saturated heterocycles. The molecule has 4 N–H and O–H groups in total. The number of aliphatic carboxylic acids is 1. The number of aromatic nitrogens is 4. The molecule has 13 nitrogen and oxygen atoms in total. The molecule has 174 valence electrons. The number of oxime groups is 1. The number of thioether (sulfide) groups is 2. The normalized spacial score (nSPS) is 20.5. The van der Waals surface area contributed by atoms with Crippen LogP contribution in [0, 0.1) is 6.92 Å². The number of fused-ring (bicyclic) bond motifs is 1. The van der Waals surface area contributed by atoms with E-state index in [2.05, 4.69) is 30.3 Å². The van der Waals surface area contributed by atoms with Crippen LogP contribution in [0.5, 0.6) is 0 Å². The number of rotatable bonds is 8. The van der Waals surface area contributed by atoms with E-state index in [-0.39, 0.29) is 51.8 Å². The summed E-state index contributed by atoms with van der Waals surface area (Å²) in [4.78, 5) is 42.8. The number of carbonyl (C=O) groups excluding carboxylic acids is 1. The van der Waals surface area contributed by atoms with E-state index in [1.54, 1.807) is 6.92 Å². The molecule has 4 heterocycles. The number of nitrogen functional groups attached to an aromatic ring is 1. The fourth-order valence-electron chi connectivity index (χ4n) is 3.17. The van der Waals surface area contributed by atoms with Crippen LogP contribution in [0.4, 0.5) is 5.13 Å². The molecule has 34 heavy (non-hydrogen) atoms. The summed E-state index contributed by atoms with van der Waals surface area (Å²) >= 11 is 3.72. The summed E-state index contributed by atoms with van der Waals surface area (Å²) in [6.07, 6.45) is 0. The Labute approximate surface area is 227 Å². The average Bonchev–Trinajstić information content (AvgIpc) is 3.40. The molecule has 0 bridgehead atoms. The van der Waals surface area contributed by atoms with Crippen molar-refractivity contribution >= 4 is 63.5 Å². The fourth-order valence-corrected chi connectivity index (χ4v) is 6.03. The van der Waals surface area contributed by atoms with Crippen LogP contribution in [-0.4, -0.2) is 83.7 Å². The molecule has 4 rings (SSSR count). The van der Waals surface area contributed by atoms with Crippen molar-refractivity contribution in [3.63, 3.8) is 0 Å². The van der Waals surface area contributed by atoms with E-state index >= 15 is 0 Å². The fraction of sp³-hybridized carbons (Fsp3) is 0.353. The second kappa shape index (κ2) is 11.1. The number of aromatic amines is 1. The molecule has 0 unspecified atom stereocenters. The van der Waals surface area contributed by atoms with Crippen molar-refractivity contribution in [1.82, 2.24) is 25.1 Å². The Morgan fingerprint density at radius 2 is 2.26 bits per heavy atom. The van der Waals surface area contributed by atoms with Crippen LogP contribution in [0.25, 0.3) is 0 Å². The smallest absolute Gasteiger partial charge is 0.857 e. The van der Waals surface area contributed by atoms with Crippen LogP contribution in [0.1, 0.15) is 11.5 Å². The number of thiazole rings is 1. The van der Waals surface area contributed by atoms with Crippen molar-refractivity contribution in [3.8, 4) is 0 Å². The predicted molar refractivity (Wildman–Crippen MR) is 121 cm³/mol. The number of hydrogen-bond acceptors (Lipinski definition) is 13. The number of nitrogens with two attached hydrogens (primary N) is 1. The van der Waals surface area contributed by atoms with Crippen LogP contribution in [-0.2, 0) is 14.4 Å². The maximum absolute atomic E-state index is 12.8. The number of anilines is 1. The quantitative estimate of drug-likeness (QED) is 0.0769. The maximum Gasteiger partial charge on any atom is 1.00 e. The number of aliphatic imine (C=N–C) groups is 1. The molecule has 0 aromatic carbocycles. The van der Waals surface area contributed by atoms with Crippen molar-refractivity contribution in [1.29, 1.82) is 0 Å². The Balaban J connectivity index is 0.00000324. The van der Waals surface area contributed by atoms with Gasteiger partial charge in [0, 0.05) is 22.8 Å². The van der Waals surface area contributed by atoms with Crippen molar-refractivity contribution in [3.05, 3.63) is 28.2 Å². The van der Waals surface area contributed by atoms with E-state index in [0.717, 1.165) is 11.3 Å². The molecule has 1 amide bonds. The number of carboxylic acids is 1. The molecule has 17 heteroatoms. The van der Waals surface area contributed by atoms with Gasteiger partial charge in [0.25, 0.3) is 5.91 Å². The van der Waals surface area contributed by atoms with Crippen LogP contribution >= 0.6 is 34.9 Å². The summed E-state index contributed by atoms with van der Waals surface area (Å²) in [5, 5.41) is 34.5. The van der Waals surface area contributed by atoms with Gasteiger partial charge in [0.1, 0.15) is 35.4 Å². The van der Waals surface area contributed by atoms with Crippen LogP contribution in [0.15, 0.2) is 32.0 Å². The van der Waals surface area contributed by atoms with Gasteiger partial charge >= 0.3 is 35.5 Å². The molecule has 0 spiro atoms. The molecule has 2 aromatic heterocycles. The summed E-state index contributed by atoms with van der Waals surface area (Å²) < 4.78 is 0. The first-order valence-electron chi connectivity index (χ1n) is 9.29. The van der Waals surface area contributed by atoms with Crippen LogP contribution in [0.2, 0.25) is 0 Å². The predicted octanol–water partition coefficient (Wildman–Crippen LogP) is -3.32. The zero-order valence-corrected chi connectivity index (χ0v) is 22.7. The SMILES string of the molecule is CO/N=C(\C([O-])=N[C@@H]1C(=O)N2C(C(=O)O)=C(CSc3n[nH]c(C)n3)CS[C@H]12)c1csc(N)n1.[Na+]. The zero-order valence-electron chi connectivity index (χ0n) is 18.2. The van der Waals surface area contributed by atoms with Gasteiger partial charge in [0.2, 0.25) is 5.16 Å². The average molecular weight is 533 g/mol. The van der Waals surface area contributed by atoms with Gasteiger partial charge in [0.15, 0.2) is 11.2 Å². The molecule has 2 aliphatic rings. The number of carbonyl (C=O) groups is 2. The number of aryl methyl sites for hydroxylation is 1. The van der Waals surface area contributed by atoms with Crippen LogP contribution < -0.4 is 40.4 Å². The molecule has 2 atom stereocenters. The molecule has 1 fully saturated rings. The summed E-state index contributed by atoms with van der Waals surface area (Å²) in [6, 6.07) is -1.04. The number of nitrogens with zero attached hydrogens (tertiary/aromatic N) is 6. The van der Waals surface area contributed by atoms with E-state index in [1.165, 1.54) is 40.9 Å². The van der Waals surface area contributed by atoms with Gasteiger partial charge in [-0.3, -0.25) is 19.8 Å². The first-order chi connectivity index (χ1) is 15.8. The third-order valence-corrected chi connectivity index (χ3v) is 7.51. The largest absolute Gasteiger partial charge is 1.00 e. The Morgan fingerprint density at radius 3 is 2.85 bits per heavy atom. The Hall–Kier alpha value is -2.11. The van der Waals surface area contributed by atoms with Crippen molar-refractivity contribution < 1.29 is 54.2 Å². The number of H-pyrrole nitrogens is 1. The third-order valence-electron chi connectivity index (χ3n) is 4.58. The minimum absolute atomic E-state index is 0. The minimum Gasteiger partial charge on any atom is -0.857 e. The third kappa shape index (κ3) is 5.26. The minimum atomic E-state index is -1.22. The number of amides is 1. The summed E-state index contributed by atoms with van der Waals surface area (Å²) in [6.45, 7) is 1.76. The van der Waals surface area contributed by atoms with E-state index in [4.69, 9.17) is 10.6 Å². The Bertz CT molecular complexity index is 1200. The van der Waals surface area contributed by atoms with Gasteiger partial charge in [-0.15, -0.1) is 28.2 Å². The molecule has 2 aliphatic heterocycles. The summed E-state index contributed by atoms with van der Waals surface area (Å²) in [5.74, 6) is -1.30. The number of hydrogen-bond donors (Lipinski definition) is 3. The summed E-state index contributed by atoms with van der Waals surface area (Å²) in [5.41, 5.74) is 6.07. The first kappa shape index (κ1) is 26.5.